The fourth-order valence-electron chi connectivity index (χ4n) is 3.43. The third kappa shape index (κ3) is 3.77. The average molecular weight is 439 g/mol. The molecule has 3 aromatic carbocycles. The first kappa shape index (κ1) is 20.6. The number of hydrogen-bond donors (Lipinski definition) is 1. The Balaban J connectivity index is 1.69. The van der Waals surface area contributed by atoms with Gasteiger partial charge in [0.25, 0.3) is 10.0 Å². The topological polar surface area (TPSA) is 78.8 Å². The third-order valence-corrected chi connectivity index (χ3v) is 6.61. The lowest BCUT2D eigenvalue weighted by Gasteiger charge is -2.15. The van der Waals surface area contributed by atoms with Crippen molar-refractivity contribution in [3.05, 3.63) is 72.9 Å². The van der Waals surface area contributed by atoms with E-state index in [4.69, 9.17) is 14.2 Å². The van der Waals surface area contributed by atoms with Gasteiger partial charge in [-0.15, -0.1) is 0 Å². The van der Waals surface area contributed by atoms with Crippen LogP contribution in [0.15, 0.2) is 77.8 Å². The molecule has 7 nitrogen and oxygen atoms in total. The lowest BCUT2D eigenvalue weighted by Crippen LogP contribution is -2.11. The molecule has 4 aromatic rings. The Hall–Kier alpha value is -3.65. The summed E-state index contributed by atoms with van der Waals surface area (Å²) in [5.41, 5.74) is 2.13. The van der Waals surface area contributed by atoms with E-state index in [0.717, 1.165) is 16.8 Å². The lowest BCUT2D eigenvalue weighted by atomic mass is 10.2. The number of nitrogens with one attached hydrogen (secondary N) is 1. The van der Waals surface area contributed by atoms with Crippen molar-refractivity contribution >= 4 is 32.3 Å². The summed E-state index contributed by atoms with van der Waals surface area (Å²) in [6.45, 7) is 0. The van der Waals surface area contributed by atoms with Gasteiger partial charge >= 0.3 is 0 Å². The molecular formula is C23H22N2O5S. The molecule has 160 valence electrons. The van der Waals surface area contributed by atoms with Crippen LogP contribution >= 0.6 is 0 Å². The highest BCUT2D eigenvalue weighted by Crippen LogP contribution is 2.40. The van der Waals surface area contributed by atoms with E-state index < -0.39 is 10.0 Å². The zero-order chi connectivity index (χ0) is 22.0. The van der Waals surface area contributed by atoms with Gasteiger partial charge in [-0.3, -0.25) is 0 Å². The maximum atomic E-state index is 13.0. The van der Waals surface area contributed by atoms with E-state index in [9.17, 15) is 8.42 Å². The summed E-state index contributed by atoms with van der Waals surface area (Å²) in [4.78, 5) is 0.243. The minimum atomic E-state index is -3.67. The third-order valence-electron chi connectivity index (χ3n) is 4.91. The molecule has 0 unspecified atom stereocenters. The summed E-state index contributed by atoms with van der Waals surface area (Å²) < 4.78 is 43.4. The minimum absolute atomic E-state index is 0.243. The summed E-state index contributed by atoms with van der Waals surface area (Å²) in [6.07, 6.45) is 1.57. The van der Waals surface area contributed by atoms with E-state index in [1.165, 1.54) is 3.97 Å². The SMILES string of the molecule is COc1cc(Nc2ccc3c(ccn3S(=O)(=O)c3ccccc3)c2)cc(OC)c1OC. The molecule has 1 heterocycles. The van der Waals surface area contributed by atoms with Gasteiger partial charge in [0.2, 0.25) is 5.75 Å². The van der Waals surface area contributed by atoms with Crippen LogP contribution in [0.3, 0.4) is 0 Å². The summed E-state index contributed by atoms with van der Waals surface area (Å²) in [6, 6.07) is 19.2. The molecule has 1 N–H and O–H groups in total. The van der Waals surface area contributed by atoms with E-state index >= 15 is 0 Å². The van der Waals surface area contributed by atoms with Gasteiger partial charge in [0.1, 0.15) is 0 Å². The Bertz CT molecular complexity index is 1310. The molecule has 8 heteroatoms. The Morgan fingerprint density at radius 3 is 2.06 bits per heavy atom. The van der Waals surface area contributed by atoms with Crippen LogP contribution in [-0.2, 0) is 10.0 Å². The first-order valence-corrected chi connectivity index (χ1v) is 10.9. The Morgan fingerprint density at radius 1 is 0.774 bits per heavy atom. The van der Waals surface area contributed by atoms with Gasteiger partial charge in [0.05, 0.1) is 31.7 Å². The number of rotatable bonds is 7. The average Bonchev–Trinajstić information content (AvgIpc) is 3.23. The molecule has 0 saturated carbocycles. The first-order chi connectivity index (χ1) is 15.0. The molecular weight excluding hydrogens is 416 g/mol. The van der Waals surface area contributed by atoms with Crippen LogP contribution in [0.4, 0.5) is 11.4 Å². The van der Waals surface area contributed by atoms with Crippen molar-refractivity contribution in [2.24, 2.45) is 0 Å². The standard InChI is InChI=1S/C23H22N2O5S/c1-28-21-14-18(15-22(29-2)23(21)30-3)24-17-9-10-20-16(13-17)11-12-25(20)31(26,27)19-7-5-4-6-8-19/h4-15,24H,1-3H3. The maximum Gasteiger partial charge on any atom is 0.268 e. The molecule has 0 bridgehead atoms. The van der Waals surface area contributed by atoms with Crippen molar-refractivity contribution < 1.29 is 22.6 Å². The predicted molar refractivity (Wildman–Crippen MR) is 120 cm³/mol. The number of hydrogen-bond acceptors (Lipinski definition) is 6. The van der Waals surface area contributed by atoms with Crippen molar-refractivity contribution in [3.63, 3.8) is 0 Å². The van der Waals surface area contributed by atoms with E-state index in [2.05, 4.69) is 5.32 Å². The van der Waals surface area contributed by atoms with Crippen LogP contribution in [-0.4, -0.2) is 33.7 Å². The zero-order valence-corrected chi connectivity index (χ0v) is 18.1. The normalized spacial score (nSPS) is 11.3. The fourth-order valence-corrected chi connectivity index (χ4v) is 4.80. The highest BCUT2D eigenvalue weighted by atomic mass is 32.2. The molecule has 0 aliphatic carbocycles. The molecule has 0 aliphatic heterocycles. The molecule has 0 radical (unpaired) electrons. The number of benzene rings is 3. The smallest absolute Gasteiger partial charge is 0.268 e. The molecule has 31 heavy (non-hydrogen) atoms. The highest BCUT2D eigenvalue weighted by Gasteiger charge is 2.19. The summed E-state index contributed by atoms with van der Waals surface area (Å²) in [5, 5.41) is 4.09. The maximum absolute atomic E-state index is 13.0. The van der Waals surface area contributed by atoms with Crippen LogP contribution in [0.25, 0.3) is 10.9 Å². The van der Waals surface area contributed by atoms with Crippen molar-refractivity contribution in [1.82, 2.24) is 3.97 Å². The Labute approximate surface area is 180 Å². The van der Waals surface area contributed by atoms with E-state index in [1.54, 1.807) is 82.1 Å². The van der Waals surface area contributed by atoms with Gasteiger partial charge in [0, 0.05) is 35.1 Å². The molecule has 0 fully saturated rings. The van der Waals surface area contributed by atoms with E-state index in [0.29, 0.717) is 22.8 Å². The van der Waals surface area contributed by atoms with Crippen molar-refractivity contribution in [1.29, 1.82) is 0 Å². The highest BCUT2D eigenvalue weighted by molar-refractivity contribution is 7.90. The quantitative estimate of drug-likeness (QED) is 0.453. The minimum Gasteiger partial charge on any atom is -0.493 e. The Kier molecular flexibility index (Phi) is 5.48. The van der Waals surface area contributed by atoms with Gasteiger partial charge in [0.15, 0.2) is 11.5 Å². The van der Waals surface area contributed by atoms with Crippen LogP contribution in [0, 0.1) is 0 Å². The first-order valence-electron chi connectivity index (χ1n) is 9.46. The monoisotopic (exact) mass is 438 g/mol. The van der Waals surface area contributed by atoms with Crippen molar-refractivity contribution in [2.45, 2.75) is 4.90 Å². The van der Waals surface area contributed by atoms with Gasteiger partial charge in [-0.25, -0.2) is 12.4 Å². The molecule has 0 amide bonds. The number of anilines is 2. The van der Waals surface area contributed by atoms with Gasteiger partial charge in [-0.05, 0) is 36.4 Å². The van der Waals surface area contributed by atoms with Crippen LogP contribution in [0.1, 0.15) is 0 Å². The molecule has 1 aromatic heterocycles. The number of fused-ring (bicyclic) bond motifs is 1. The second-order valence-corrected chi connectivity index (χ2v) is 8.56. The lowest BCUT2D eigenvalue weighted by molar-refractivity contribution is 0.324. The summed E-state index contributed by atoms with van der Waals surface area (Å²) in [7, 11) is 0.998. The van der Waals surface area contributed by atoms with Gasteiger partial charge in [-0.2, -0.15) is 0 Å². The van der Waals surface area contributed by atoms with Crippen molar-refractivity contribution in [2.75, 3.05) is 26.6 Å². The Morgan fingerprint density at radius 2 is 1.45 bits per heavy atom. The molecule has 0 atom stereocenters. The summed E-state index contributed by atoms with van der Waals surface area (Å²) >= 11 is 0. The van der Waals surface area contributed by atoms with Crippen LogP contribution in [0.2, 0.25) is 0 Å². The molecule has 4 rings (SSSR count). The molecule has 0 saturated heterocycles. The van der Waals surface area contributed by atoms with Crippen LogP contribution < -0.4 is 19.5 Å². The fraction of sp³-hybridized carbons (Fsp3) is 0.130. The van der Waals surface area contributed by atoms with Crippen molar-refractivity contribution in [3.8, 4) is 17.2 Å². The van der Waals surface area contributed by atoms with E-state index in [1.807, 2.05) is 12.1 Å². The number of nitrogens with zero attached hydrogens (tertiary/aromatic N) is 1. The predicted octanol–water partition coefficient (Wildman–Crippen LogP) is 4.65. The number of methoxy groups -OCH3 is 3. The van der Waals surface area contributed by atoms with Gasteiger partial charge in [-0.1, -0.05) is 18.2 Å². The van der Waals surface area contributed by atoms with Crippen LogP contribution in [0.5, 0.6) is 17.2 Å². The van der Waals surface area contributed by atoms with Gasteiger partial charge < -0.3 is 19.5 Å². The summed E-state index contributed by atoms with van der Waals surface area (Å²) in [5.74, 6) is 1.57. The largest absolute Gasteiger partial charge is 0.493 e. The van der Waals surface area contributed by atoms with E-state index in [-0.39, 0.29) is 4.90 Å². The number of ether oxygens (including phenoxy) is 3. The second-order valence-electron chi connectivity index (χ2n) is 6.74. The molecule has 0 aliphatic rings. The number of aromatic nitrogens is 1. The zero-order valence-electron chi connectivity index (χ0n) is 17.3. The second kappa shape index (κ2) is 8.23. The molecule has 0 spiro atoms.